The standard InChI is InChI=1S/C10H15N3O4/c11-7-3-4-13(10(17)12-7)8-5(14)1-2-6(15)9(8)16/h3-6,8-9,14-16H,1-2H2,(H2,11,12,17). The van der Waals surface area contributed by atoms with Gasteiger partial charge in [0.1, 0.15) is 11.9 Å². The Bertz CT molecular complexity index is 461. The lowest BCUT2D eigenvalue weighted by Gasteiger charge is -2.36. The van der Waals surface area contributed by atoms with Crippen LogP contribution in [-0.2, 0) is 0 Å². The van der Waals surface area contributed by atoms with E-state index < -0.39 is 30.0 Å². The smallest absolute Gasteiger partial charge is 0.349 e. The Morgan fingerprint density at radius 3 is 2.59 bits per heavy atom. The number of nitrogens with two attached hydrogens (primary N) is 1. The lowest BCUT2D eigenvalue weighted by Crippen LogP contribution is -2.49. The minimum absolute atomic E-state index is 0.0755. The van der Waals surface area contributed by atoms with Gasteiger partial charge in [0, 0.05) is 6.20 Å². The normalized spacial score (nSPS) is 33.6. The first kappa shape index (κ1) is 12.0. The fraction of sp³-hybridized carbons (Fsp3) is 0.600. The highest BCUT2D eigenvalue weighted by atomic mass is 16.3. The van der Waals surface area contributed by atoms with Gasteiger partial charge in [0.25, 0.3) is 0 Å². The number of hydrogen-bond acceptors (Lipinski definition) is 6. The molecule has 0 aliphatic heterocycles. The maximum Gasteiger partial charge on any atom is 0.349 e. The summed E-state index contributed by atoms with van der Waals surface area (Å²) < 4.78 is 1.11. The fourth-order valence-corrected chi connectivity index (χ4v) is 2.14. The molecule has 1 aliphatic rings. The van der Waals surface area contributed by atoms with Crippen molar-refractivity contribution >= 4 is 5.82 Å². The van der Waals surface area contributed by atoms with Gasteiger partial charge < -0.3 is 21.1 Å². The van der Waals surface area contributed by atoms with Gasteiger partial charge in [-0.25, -0.2) is 4.79 Å². The molecule has 4 atom stereocenters. The zero-order valence-electron chi connectivity index (χ0n) is 9.10. The summed E-state index contributed by atoms with van der Waals surface area (Å²) in [5.41, 5.74) is 4.70. The van der Waals surface area contributed by atoms with Gasteiger partial charge in [-0.15, -0.1) is 0 Å². The van der Waals surface area contributed by atoms with Crippen molar-refractivity contribution in [3.05, 3.63) is 22.7 Å². The van der Waals surface area contributed by atoms with E-state index in [-0.39, 0.29) is 5.82 Å². The number of aliphatic hydroxyl groups is 3. The molecule has 17 heavy (non-hydrogen) atoms. The molecule has 0 bridgehead atoms. The molecule has 1 saturated carbocycles. The molecule has 0 amide bonds. The Morgan fingerprint density at radius 2 is 1.94 bits per heavy atom. The topological polar surface area (TPSA) is 122 Å². The van der Waals surface area contributed by atoms with Gasteiger partial charge in [0.2, 0.25) is 0 Å². The van der Waals surface area contributed by atoms with Crippen LogP contribution in [-0.4, -0.2) is 43.2 Å². The van der Waals surface area contributed by atoms with E-state index in [4.69, 9.17) is 5.73 Å². The maximum atomic E-state index is 11.6. The third-order valence-corrected chi connectivity index (χ3v) is 3.07. The van der Waals surface area contributed by atoms with Crippen molar-refractivity contribution in [3.63, 3.8) is 0 Å². The second kappa shape index (κ2) is 4.44. The number of aromatic nitrogens is 2. The molecular weight excluding hydrogens is 226 g/mol. The van der Waals surface area contributed by atoms with Gasteiger partial charge in [-0.1, -0.05) is 0 Å². The minimum atomic E-state index is -1.19. The fourth-order valence-electron chi connectivity index (χ4n) is 2.14. The van der Waals surface area contributed by atoms with Crippen LogP contribution in [0, 0.1) is 0 Å². The van der Waals surface area contributed by atoms with Crippen LogP contribution in [0.25, 0.3) is 0 Å². The molecule has 0 saturated heterocycles. The van der Waals surface area contributed by atoms with Crippen molar-refractivity contribution in [3.8, 4) is 0 Å². The molecule has 1 fully saturated rings. The maximum absolute atomic E-state index is 11.6. The van der Waals surface area contributed by atoms with Crippen LogP contribution >= 0.6 is 0 Å². The Balaban J connectivity index is 2.39. The van der Waals surface area contributed by atoms with Crippen LogP contribution in [0.5, 0.6) is 0 Å². The second-order valence-corrected chi connectivity index (χ2v) is 4.24. The molecule has 94 valence electrons. The van der Waals surface area contributed by atoms with E-state index in [0.29, 0.717) is 12.8 Å². The van der Waals surface area contributed by atoms with Gasteiger partial charge in [-0.3, -0.25) is 4.57 Å². The van der Waals surface area contributed by atoms with Crippen molar-refractivity contribution in [2.45, 2.75) is 37.2 Å². The van der Waals surface area contributed by atoms with E-state index in [9.17, 15) is 20.1 Å². The van der Waals surface area contributed by atoms with E-state index >= 15 is 0 Å². The highest BCUT2D eigenvalue weighted by Crippen LogP contribution is 2.28. The van der Waals surface area contributed by atoms with Crippen molar-refractivity contribution in [2.75, 3.05) is 5.73 Å². The number of anilines is 1. The average Bonchev–Trinajstić information content (AvgIpc) is 2.27. The third-order valence-electron chi connectivity index (χ3n) is 3.07. The van der Waals surface area contributed by atoms with Crippen LogP contribution in [0.4, 0.5) is 5.82 Å². The third kappa shape index (κ3) is 2.17. The summed E-state index contributed by atoms with van der Waals surface area (Å²) in [5, 5.41) is 29.2. The summed E-state index contributed by atoms with van der Waals surface area (Å²) in [6, 6.07) is 0.515. The van der Waals surface area contributed by atoms with Crippen LogP contribution in [0.15, 0.2) is 17.1 Å². The molecule has 1 aromatic rings. The summed E-state index contributed by atoms with van der Waals surface area (Å²) in [5.74, 6) is 0.0755. The van der Waals surface area contributed by atoms with Crippen molar-refractivity contribution in [2.24, 2.45) is 0 Å². The highest BCUT2D eigenvalue weighted by Gasteiger charge is 2.38. The van der Waals surface area contributed by atoms with Gasteiger partial charge in [0.05, 0.1) is 18.2 Å². The highest BCUT2D eigenvalue weighted by molar-refractivity contribution is 5.23. The Hall–Kier alpha value is -1.44. The first-order valence-electron chi connectivity index (χ1n) is 5.39. The molecule has 5 N–H and O–H groups in total. The number of aliphatic hydroxyl groups excluding tert-OH is 3. The lowest BCUT2D eigenvalue weighted by atomic mass is 9.87. The van der Waals surface area contributed by atoms with E-state index in [0.717, 1.165) is 4.57 Å². The summed E-state index contributed by atoms with van der Waals surface area (Å²) >= 11 is 0. The van der Waals surface area contributed by atoms with Crippen molar-refractivity contribution in [1.29, 1.82) is 0 Å². The molecule has 0 spiro atoms. The van der Waals surface area contributed by atoms with Crippen molar-refractivity contribution < 1.29 is 15.3 Å². The zero-order valence-corrected chi connectivity index (χ0v) is 9.10. The summed E-state index contributed by atoms with van der Waals surface area (Å²) in [6.07, 6.45) is -1.05. The summed E-state index contributed by atoms with van der Waals surface area (Å²) in [4.78, 5) is 15.1. The SMILES string of the molecule is Nc1ccn(C2C(O)CCC(O)C2O)c(=O)n1. The number of nitrogen functional groups attached to an aromatic ring is 1. The van der Waals surface area contributed by atoms with Gasteiger partial charge >= 0.3 is 5.69 Å². The zero-order chi connectivity index (χ0) is 12.6. The molecule has 0 aromatic carbocycles. The molecule has 1 heterocycles. The molecule has 4 unspecified atom stereocenters. The molecule has 0 radical (unpaired) electrons. The predicted molar refractivity (Wildman–Crippen MR) is 59.2 cm³/mol. The monoisotopic (exact) mass is 241 g/mol. The first-order valence-corrected chi connectivity index (χ1v) is 5.39. The summed E-state index contributed by atoms with van der Waals surface area (Å²) in [6.45, 7) is 0. The molecule has 2 rings (SSSR count). The first-order chi connectivity index (χ1) is 8.00. The molecule has 7 nitrogen and oxygen atoms in total. The van der Waals surface area contributed by atoms with E-state index in [2.05, 4.69) is 4.98 Å². The number of nitrogens with zero attached hydrogens (tertiary/aromatic N) is 2. The Labute approximate surface area is 97.1 Å². The van der Waals surface area contributed by atoms with E-state index in [1.54, 1.807) is 0 Å². The van der Waals surface area contributed by atoms with Crippen LogP contribution in [0.1, 0.15) is 18.9 Å². The van der Waals surface area contributed by atoms with E-state index in [1.807, 2.05) is 0 Å². The predicted octanol–water partition coefficient (Wildman–Crippen LogP) is -1.76. The molecule has 1 aliphatic carbocycles. The van der Waals surface area contributed by atoms with Gasteiger partial charge in [0.15, 0.2) is 0 Å². The van der Waals surface area contributed by atoms with Gasteiger partial charge in [-0.2, -0.15) is 4.98 Å². The average molecular weight is 241 g/mol. The molecule has 7 heteroatoms. The lowest BCUT2D eigenvalue weighted by molar-refractivity contribution is -0.0891. The Kier molecular flexibility index (Phi) is 3.14. The van der Waals surface area contributed by atoms with Crippen LogP contribution in [0.2, 0.25) is 0 Å². The Morgan fingerprint density at radius 1 is 1.29 bits per heavy atom. The van der Waals surface area contributed by atoms with Crippen LogP contribution in [0.3, 0.4) is 0 Å². The molecular formula is C10H15N3O4. The number of hydrogen-bond donors (Lipinski definition) is 4. The number of rotatable bonds is 1. The van der Waals surface area contributed by atoms with E-state index in [1.165, 1.54) is 12.3 Å². The molecule has 1 aromatic heterocycles. The van der Waals surface area contributed by atoms with Crippen LogP contribution < -0.4 is 11.4 Å². The summed E-state index contributed by atoms with van der Waals surface area (Å²) in [7, 11) is 0. The largest absolute Gasteiger partial charge is 0.391 e. The van der Waals surface area contributed by atoms with Crippen molar-refractivity contribution in [1.82, 2.24) is 9.55 Å². The minimum Gasteiger partial charge on any atom is -0.391 e. The second-order valence-electron chi connectivity index (χ2n) is 4.24. The van der Waals surface area contributed by atoms with Gasteiger partial charge in [-0.05, 0) is 18.9 Å². The quantitative estimate of drug-likeness (QED) is 0.462.